The molecule has 2 N–H and O–H groups in total. The Hall–Kier alpha value is -3.01. The summed E-state index contributed by atoms with van der Waals surface area (Å²) in [5, 5.41) is 15.4. The van der Waals surface area contributed by atoms with Gasteiger partial charge in [-0.2, -0.15) is 0 Å². The van der Waals surface area contributed by atoms with E-state index in [-0.39, 0.29) is 34.0 Å². The number of carbonyl (C=O) groups is 1. The topological polar surface area (TPSA) is 58.6 Å². The van der Waals surface area contributed by atoms with Crippen LogP contribution < -0.4 is 10.1 Å². The Kier molecular flexibility index (Phi) is 7.60. The van der Waals surface area contributed by atoms with Gasteiger partial charge in [0.25, 0.3) is 5.91 Å². The van der Waals surface area contributed by atoms with Crippen LogP contribution in [-0.4, -0.2) is 17.2 Å². The van der Waals surface area contributed by atoms with E-state index in [1.54, 1.807) is 6.07 Å². The summed E-state index contributed by atoms with van der Waals surface area (Å²) in [7, 11) is 0. The van der Waals surface area contributed by atoms with Crippen molar-refractivity contribution in [2.24, 2.45) is 11.3 Å². The number of nitrogens with one attached hydrogen (secondary N) is 1. The van der Waals surface area contributed by atoms with Crippen molar-refractivity contribution in [1.29, 1.82) is 0 Å². The maximum absolute atomic E-state index is 13.3. The number of phenolic OH excluding ortho intramolecular Hbond substituents is 1. The molecule has 0 aliphatic carbocycles. The van der Waals surface area contributed by atoms with E-state index in [0.717, 1.165) is 18.2 Å². The minimum Gasteiger partial charge on any atom is -0.506 e. The number of ether oxygens (including phenoxy) is 1. The predicted molar refractivity (Wildman–Crippen MR) is 140 cm³/mol. The van der Waals surface area contributed by atoms with Crippen LogP contribution in [0.3, 0.4) is 0 Å². The van der Waals surface area contributed by atoms with Crippen molar-refractivity contribution in [2.45, 2.75) is 73.0 Å². The second kappa shape index (κ2) is 10.1. The van der Waals surface area contributed by atoms with Crippen molar-refractivity contribution in [1.82, 2.24) is 5.32 Å². The fourth-order valence-corrected chi connectivity index (χ4v) is 3.97. The van der Waals surface area contributed by atoms with Gasteiger partial charge in [0.15, 0.2) is 6.23 Å². The molecule has 1 amide bonds. The second-order valence-electron chi connectivity index (χ2n) is 10.6. The lowest BCUT2D eigenvalue weighted by molar-refractivity contribution is 0.0344. The van der Waals surface area contributed by atoms with Crippen LogP contribution in [0.15, 0.2) is 60.7 Å². The van der Waals surface area contributed by atoms with Crippen molar-refractivity contribution >= 4 is 16.7 Å². The van der Waals surface area contributed by atoms with E-state index in [9.17, 15) is 9.90 Å². The van der Waals surface area contributed by atoms with Crippen LogP contribution in [0, 0.1) is 11.3 Å². The van der Waals surface area contributed by atoms with Gasteiger partial charge in [-0.25, -0.2) is 0 Å². The highest BCUT2D eigenvalue weighted by molar-refractivity contribution is 6.03. The van der Waals surface area contributed by atoms with E-state index in [4.69, 9.17) is 4.74 Å². The van der Waals surface area contributed by atoms with Gasteiger partial charge in [-0.3, -0.25) is 4.79 Å². The van der Waals surface area contributed by atoms with Crippen molar-refractivity contribution in [3.05, 3.63) is 71.8 Å². The minimum absolute atomic E-state index is 0.0112. The Labute approximate surface area is 204 Å². The first-order valence-corrected chi connectivity index (χ1v) is 12.3. The quantitative estimate of drug-likeness (QED) is 0.326. The van der Waals surface area contributed by atoms with Gasteiger partial charge in [0.05, 0.1) is 5.56 Å². The number of fused-ring (bicyclic) bond motifs is 1. The molecule has 0 radical (unpaired) electrons. The molecule has 0 saturated heterocycles. The molecule has 34 heavy (non-hydrogen) atoms. The van der Waals surface area contributed by atoms with E-state index >= 15 is 0 Å². The highest BCUT2D eigenvalue weighted by Gasteiger charge is 2.34. The van der Waals surface area contributed by atoms with Gasteiger partial charge in [0.2, 0.25) is 0 Å². The van der Waals surface area contributed by atoms with E-state index in [1.807, 2.05) is 42.5 Å². The van der Waals surface area contributed by atoms with Gasteiger partial charge in [-0.1, -0.05) is 97.4 Å². The Morgan fingerprint density at radius 2 is 1.59 bits per heavy atom. The number of phenols is 1. The number of carbonyl (C=O) groups excluding carboxylic acids is 1. The molecular weight excluding hydrogens is 422 g/mol. The van der Waals surface area contributed by atoms with Gasteiger partial charge in [0, 0.05) is 11.3 Å². The number of amides is 1. The normalized spacial score (nSPS) is 14.0. The minimum atomic E-state index is -0.557. The largest absolute Gasteiger partial charge is 0.506 e. The van der Waals surface area contributed by atoms with Gasteiger partial charge < -0.3 is 15.2 Å². The zero-order valence-corrected chi connectivity index (χ0v) is 21.6. The summed E-state index contributed by atoms with van der Waals surface area (Å²) in [5.74, 6) is 0.372. The standard InChI is InChI=1S/C30H39NO3/c1-8-29(4,5)20(3)28(34-23-17-15-22(16-18-23)30(6,7)9-2)31-27(33)25-19-14-21-12-10-11-13-24(21)26(25)32/h10-20,28,32H,8-9H2,1-7H3,(H,31,33). The summed E-state index contributed by atoms with van der Waals surface area (Å²) in [6, 6.07) is 19.2. The Balaban J connectivity index is 1.89. The van der Waals surface area contributed by atoms with Gasteiger partial charge >= 0.3 is 0 Å². The third-order valence-corrected chi connectivity index (χ3v) is 7.80. The molecule has 3 aromatic rings. The molecule has 4 nitrogen and oxygen atoms in total. The SMILES string of the molecule is CCC(C)(C)c1ccc(OC(NC(=O)c2ccc3ccccc3c2O)C(C)C(C)(C)CC)cc1. The molecule has 2 unspecified atom stereocenters. The molecule has 2 atom stereocenters. The van der Waals surface area contributed by atoms with Crippen LogP contribution >= 0.6 is 0 Å². The van der Waals surface area contributed by atoms with Crippen LogP contribution in [0.5, 0.6) is 11.5 Å². The lowest BCUT2D eigenvalue weighted by Crippen LogP contribution is -2.48. The van der Waals surface area contributed by atoms with E-state index in [0.29, 0.717) is 11.1 Å². The molecular formula is C30H39NO3. The zero-order valence-electron chi connectivity index (χ0n) is 21.6. The number of hydrogen-bond acceptors (Lipinski definition) is 3. The smallest absolute Gasteiger partial charge is 0.257 e. The monoisotopic (exact) mass is 461 g/mol. The molecule has 0 spiro atoms. The molecule has 4 heteroatoms. The molecule has 182 valence electrons. The number of rotatable bonds is 9. The summed E-state index contributed by atoms with van der Waals surface area (Å²) in [5.41, 5.74) is 1.53. The average molecular weight is 462 g/mol. The fourth-order valence-electron chi connectivity index (χ4n) is 3.97. The molecule has 0 heterocycles. The van der Waals surface area contributed by atoms with Gasteiger partial charge in [0.1, 0.15) is 11.5 Å². The third kappa shape index (κ3) is 5.38. The highest BCUT2D eigenvalue weighted by Crippen LogP contribution is 2.35. The van der Waals surface area contributed by atoms with Gasteiger partial charge in [-0.15, -0.1) is 0 Å². The van der Waals surface area contributed by atoms with Gasteiger partial charge in [-0.05, 0) is 46.4 Å². The molecule has 3 aromatic carbocycles. The third-order valence-electron chi connectivity index (χ3n) is 7.80. The van der Waals surface area contributed by atoms with Crippen molar-refractivity contribution in [3.63, 3.8) is 0 Å². The number of aromatic hydroxyl groups is 1. The summed E-state index contributed by atoms with van der Waals surface area (Å²) in [6.07, 6.45) is 1.43. The lowest BCUT2D eigenvalue weighted by Gasteiger charge is -2.37. The predicted octanol–water partition coefficient (Wildman–Crippen LogP) is 7.44. The van der Waals surface area contributed by atoms with Crippen LogP contribution in [-0.2, 0) is 5.41 Å². The van der Waals surface area contributed by atoms with Crippen molar-refractivity contribution in [2.75, 3.05) is 0 Å². The lowest BCUT2D eigenvalue weighted by atomic mass is 9.76. The van der Waals surface area contributed by atoms with Crippen molar-refractivity contribution in [3.8, 4) is 11.5 Å². The maximum atomic E-state index is 13.3. The van der Waals surface area contributed by atoms with Crippen molar-refractivity contribution < 1.29 is 14.6 Å². The van der Waals surface area contributed by atoms with E-state index in [1.165, 1.54) is 5.56 Å². The summed E-state index contributed by atoms with van der Waals surface area (Å²) < 4.78 is 6.37. The summed E-state index contributed by atoms with van der Waals surface area (Å²) in [4.78, 5) is 13.3. The molecule has 0 fully saturated rings. The summed E-state index contributed by atoms with van der Waals surface area (Å²) in [6.45, 7) is 15.3. The highest BCUT2D eigenvalue weighted by atomic mass is 16.5. The molecule has 0 aliphatic rings. The Bertz CT molecular complexity index is 1130. The Morgan fingerprint density at radius 3 is 2.21 bits per heavy atom. The summed E-state index contributed by atoms with van der Waals surface area (Å²) >= 11 is 0. The van der Waals surface area contributed by atoms with E-state index in [2.05, 4.69) is 65.9 Å². The fraction of sp³-hybridized carbons (Fsp3) is 0.433. The average Bonchev–Trinajstić information content (AvgIpc) is 2.83. The van der Waals surface area contributed by atoms with Crippen LogP contribution in [0.4, 0.5) is 0 Å². The molecule has 3 rings (SSSR count). The van der Waals surface area contributed by atoms with Crippen LogP contribution in [0.2, 0.25) is 0 Å². The van der Waals surface area contributed by atoms with Crippen LogP contribution in [0.1, 0.15) is 77.2 Å². The second-order valence-corrected chi connectivity index (χ2v) is 10.6. The zero-order chi connectivity index (χ0) is 25.1. The first-order chi connectivity index (χ1) is 16.0. The maximum Gasteiger partial charge on any atom is 0.257 e. The van der Waals surface area contributed by atoms with Crippen LogP contribution in [0.25, 0.3) is 10.8 Å². The first-order valence-electron chi connectivity index (χ1n) is 12.3. The first kappa shape index (κ1) is 25.6. The molecule has 0 bridgehead atoms. The molecule has 0 aromatic heterocycles. The van der Waals surface area contributed by atoms with E-state index < -0.39 is 6.23 Å². The number of benzene rings is 3. The molecule has 0 aliphatic heterocycles. The number of hydrogen-bond donors (Lipinski definition) is 2. The molecule has 0 saturated carbocycles. The Morgan fingerprint density at radius 1 is 0.941 bits per heavy atom.